The second-order valence-electron chi connectivity index (χ2n) is 4.67. The van der Waals surface area contributed by atoms with Crippen LogP contribution in [0.1, 0.15) is 20.8 Å². The molecule has 3 rings (SSSR count). The summed E-state index contributed by atoms with van der Waals surface area (Å²) in [5, 5.41) is 5.88. The zero-order chi connectivity index (χ0) is 14.1. The summed E-state index contributed by atoms with van der Waals surface area (Å²) >= 11 is 1.60. The lowest BCUT2D eigenvalue weighted by Crippen LogP contribution is -2.12. The van der Waals surface area contributed by atoms with Gasteiger partial charge in [0.1, 0.15) is 0 Å². The van der Waals surface area contributed by atoms with Crippen LogP contribution in [-0.2, 0) is 0 Å². The van der Waals surface area contributed by atoms with Crippen molar-refractivity contribution in [3.05, 3.63) is 57.9 Å². The first-order valence-corrected chi connectivity index (χ1v) is 7.24. The number of benzene rings is 1. The Morgan fingerprint density at radius 2 is 2.00 bits per heavy atom. The van der Waals surface area contributed by atoms with Crippen molar-refractivity contribution in [1.82, 2.24) is 4.98 Å². The van der Waals surface area contributed by atoms with Crippen LogP contribution >= 0.6 is 11.3 Å². The Kier molecular flexibility index (Phi) is 3.24. The van der Waals surface area contributed by atoms with E-state index < -0.39 is 0 Å². The summed E-state index contributed by atoms with van der Waals surface area (Å²) in [6.07, 6.45) is 1.73. The Bertz CT molecular complexity index is 787. The fourth-order valence-electron chi connectivity index (χ4n) is 2.13. The number of carbonyl (C=O) groups is 1. The van der Waals surface area contributed by atoms with Gasteiger partial charge in [-0.3, -0.25) is 9.78 Å². The molecule has 1 N–H and O–H groups in total. The van der Waals surface area contributed by atoms with Gasteiger partial charge >= 0.3 is 0 Å². The van der Waals surface area contributed by atoms with Crippen molar-refractivity contribution in [3.63, 3.8) is 0 Å². The third-order valence-electron chi connectivity index (χ3n) is 3.41. The van der Waals surface area contributed by atoms with E-state index in [4.69, 9.17) is 0 Å². The van der Waals surface area contributed by atoms with Gasteiger partial charge < -0.3 is 5.32 Å². The van der Waals surface area contributed by atoms with Crippen LogP contribution in [-0.4, -0.2) is 10.9 Å². The fourth-order valence-corrected chi connectivity index (χ4v) is 3.00. The molecule has 4 heteroatoms. The number of pyridine rings is 1. The zero-order valence-electron chi connectivity index (χ0n) is 11.3. The van der Waals surface area contributed by atoms with Crippen LogP contribution in [0.3, 0.4) is 0 Å². The molecule has 0 saturated carbocycles. The summed E-state index contributed by atoms with van der Waals surface area (Å²) in [5.41, 5.74) is 3.34. The molecule has 3 nitrogen and oxygen atoms in total. The quantitative estimate of drug-likeness (QED) is 0.766. The fraction of sp³-hybridized carbons (Fsp3) is 0.125. The van der Waals surface area contributed by atoms with Gasteiger partial charge in [-0.05, 0) is 31.5 Å². The number of amides is 1. The maximum absolute atomic E-state index is 12.4. The zero-order valence-corrected chi connectivity index (χ0v) is 12.1. The molecule has 100 valence electrons. The standard InChI is InChI=1S/C16H14N2OS/c1-10-11(2)20-9-13(10)16(19)18-14-7-3-5-12-6-4-8-17-15(12)14/h3-9H,1-2H3,(H,18,19). The Hall–Kier alpha value is -2.20. The molecule has 20 heavy (non-hydrogen) atoms. The van der Waals surface area contributed by atoms with E-state index in [9.17, 15) is 4.79 Å². The number of anilines is 1. The largest absolute Gasteiger partial charge is 0.320 e. The van der Waals surface area contributed by atoms with E-state index in [0.29, 0.717) is 0 Å². The molecule has 2 heterocycles. The molecule has 0 aliphatic carbocycles. The second-order valence-corrected chi connectivity index (χ2v) is 5.75. The summed E-state index contributed by atoms with van der Waals surface area (Å²) in [6, 6.07) is 9.66. The number of nitrogens with one attached hydrogen (secondary N) is 1. The van der Waals surface area contributed by atoms with Gasteiger partial charge in [0.25, 0.3) is 5.91 Å². The average Bonchev–Trinajstić information content (AvgIpc) is 2.79. The number of fused-ring (bicyclic) bond motifs is 1. The first kappa shape index (κ1) is 12.8. The summed E-state index contributed by atoms with van der Waals surface area (Å²) in [5.74, 6) is -0.0787. The van der Waals surface area contributed by atoms with Crippen LogP contribution in [0, 0.1) is 13.8 Å². The molecule has 0 radical (unpaired) electrons. The van der Waals surface area contributed by atoms with Gasteiger partial charge in [0.05, 0.1) is 16.8 Å². The van der Waals surface area contributed by atoms with E-state index in [1.54, 1.807) is 17.5 Å². The van der Waals surface area contributed by atoms with E-state index in [-0.39, 0.29) is 5.91 Å². The normalized spacial score (nSPS) is 10.7. The third-order valence-corrected chi connectivity index (χ3v) is 4.42. The van der Waals surface area contributed by atoms with Gasteiger partial charge in [0, 0.05) is 21.8 Å². The van der Waals surface area contributed by atoms with Gasteiger partial charge in [-0.25, -0.2) is 0 Å². The molecular formula is C16H14N2OS. The van der Waals surface area contributed by atoms with Crippen molar-refractivity contribution in [3.8, 4) is 0 Å². The number of aromatic nitrogens is 1. The van der Waals surface area contributed by atoms with Crippen LogP contribution in [0.5, 0.6) is 0 Å². The molecule has 0 bridgehead atoms. The third kappa shape index (κ3) is 2.18. The van der Waals surface area contributed by atoms with Crippen LogP contribution in [0.25, 0.3) is 10.9 Å². The maximum atomic E-state index is 12.4. The van der Waals surface area contributed by atoms with E-state index in [1.165, 1.54) is 4.88 Å². The minimum atomic E-state index is -0.0787. The number of thiophene rings is 1. The molecular weight excluding hydrogens is 268 g/mol. The lowest BCUT2D eigenvalue weighted by atomic mass is 10.1. The molecule has 3 aromatic rings. The highest BCUT2D eigenvalue weighted by molar-refractivity contribution is 7.10. The Labute approximate surface area is 121 Å². The Morgan fingerprint density at radius 3 is 2.75 bits per heavy atom. The Balaban J connectivity index is 1.97. The monoisotopic (exact) mass is 282 g/mol. The van der Waals surface area contributed by atoms with E-state index >= 15 is 0 Å². The number of aryl methyl sites for hydroxylation is 1. The Morgan fingerprint density at radius 1 is 1.20 bits per heavy atom. The predicted octanol–water partition coefficient (Wildman–Crippen LogP) is 4.17. The number of rotatable bonds is 2. The molecule has 0 aliphatic heterocycles. The summed E-state index contributed by atoms with van der Waals surface area (Å²) in [4.78, 5) is 17.9. The second kappa shape index (κ2) is 5.06. The number of hydrogen-bond acceptors (Lipinski definition) is 3. The SMILES string of the molecule is Cc1scc(C(=O)Nc2cccc3cccnc23)c1C. The minimum Gasteiger partial charge on any atom is -0.320 e. The van der Waals surface area contributed by atoms with Crippen LogP contribution < -0.4 is 5.32 Å². The van der Waals surface area contributed by atoms with Crippen LogP contribution in [0.4, 0.5) is 5.69 Å². The van der Waals surface area contributed by atoms with Crippen molar-refractivity contribution < 1.29 is 4.79 Å². The average molecular weight is 282 g/mol. The molecule has 0 atom stereocenters. The van der Waals surface area contributed by atoms with Gasteiger partial charge in [0.2, 0.25) is 0 Å². The number of nitrogens with zero attached hydrogens (tertiary/aromatic N) is 1. The predicted molar refractivity (Wildman–Crippen MR) is 83.5 cm³/mol. The molecule has 0 fully saturated rings. The van der Waals surface area contributed by atoms with Crippen LogP contribution in [0.2, 0.25) is 0 Å². The lowest BCUT2D eigenvalue weighted by Gasteiger charge is -2.07. The van der Waals surface area contributed by atoms with Gasteiger partial charge in [0.15, 0.2) is 0 Å². The van der Waals surface area contributed by atoms with E-state index in [0.717, 1.165) is 27.7 Å². The molecule has 1 amide bonds. The number of para-hydroxylation sites is 1. The van der Waals surface area contributed by atoms with Gasteiger partial charge in [-0.1, -0.05) is 18.2 Å². The summed E-state index contributed by atoms with van der Waals surface area (Å²) in [6.45, 7) is 4.00. The van der Waals surface area contributed by atoms with E-state index in [2.05, 4.69) is 10.3 Å². The molecule has 0 spiro atoms. The highest BCUT2D eigenvalue weighted by Gasteiger charge is 2.13. The molecule has 2 aromatic heterocycles. The smallest absolute Gasteiger partial charge is 0.256 e. The van der Waals surface area contributed by atoms with Crippen molar-refractivity contribution in [2.75, 3.05) is 5.32 Å². The first-order valence-electron chi connectivity index (χ1n) is 6.36. The van der Waals surface area contributed by atoms with Crippen molar-refractivity contribution in [2.24, 2.45) is 0 Å². The topological polar surface area (TPSA) is 42.0 Å². The first-order chi connectivity index (χ1) is 9.66. The summed E-state index contributed by atoms with van der Waals surface area (Å²) < 4.78 is 0. The lowest BCUT2D eigenvalue weighted by molar-refractivity contribution is 0.102. The highest BCUT2D eigenvalue weighted by Crippen LogP contribution is 2.24. The van der Waals surface area contributed by atoms with E-state index in [1.807, 2.05) is 49.6 Å². The molecule has 0 saturated heterocycles. The molecule has 0 aliphatic rings. The number of hydrogen-bond donors (Lipinski definition) is 1. The minimum absolute atomic E-state index is 0.0787. The van der Waals surface area contributed by atoms with Gasteiger partial charge in [-0.2, -0.15) is 0 Å². The van der Waals surface area contributed by atoms with Crippen molar-refractivity contribution >= 4 is 33.8 Å². The maximum Gasteiger partial charge on any atom is 0.256 e. The highest BCUT2D eigenvalue weighted by atomic mass is 32.1. The van der Waals surface area contributed by atoms with Crippen molar-refractivity contribution in [1.29, 1.82) is 0 Å². The van der Waals surface area contributed by atoms with Gasteiger partial charge in [-0.15, -0.1) is 11.3 Å². The molecule has 0 unspecified atom stereocenters. The van der Waals surface area contributed by atoms with Crippen LogP contribution in [0.15, 0.2) is 41.9 Å². The number of carbonyl (C=O) groups excluding carboxylic acids is 1. The molecule has 1 aromatic carbocycles. The summed E-state index contributed by atoms with van der Waals surface area (Å²) in [7, 11) is 0. The van der Waals surface area contributed by atoms with Crippen molar-refractivity contribution in [2.45, 2.75) is 13.8 Å².